The third kappa shape index (κ3) is 4.75. The van der Waals surface area contributed by atoms with Crippen LogP contribution in [0.25, 0.3) is 0 Å². The van der Waals surface area contributed by atoms with E-state index in [-0.39, 0.29) is 16.7 Å². The van der Waals surface area contributed by atoms with Crippen LogP contribution in [0.15, 0.2) is 29.2 Å². The van der Waals surface area contributed by atoms with Gasteiger partial charge in [0.15, 0.2) is 0 Å². The third-order valence-electron chi connectivity index (χ3n) is 1.40. The number of primary amides is 1. The summed E-state index contributed by atoms with van der Waals surface area (Å²) in [6.07, 6.45) is 0. The number of carbonyl (C=O) groups excluding carboxylic acids is 1. The summed E-state index contributed by atoms with van der Waals surface area (Å²) < 4.78 is 36.1. The first-order chi connectivity index (χ1) is 7.37. The number of rotatable bonds is 1. The molecule has 2 N–H and O–H groups in total. The van der Waals surface area contributed by atoms with Gasteiger partial charge in [0.25, 0.3) is 5.91 Å². The summed E-state index contributed by atoms with van der Waals surface area (Å²) in [4.78, 5) is 10.4. The summed E-state index contributed by atoms with van der Waals surface area (Å²) in [5, 5.41) is 0. The van der Waals surface area contributed by atoms with Crippen LogP contribution in [-0.4, -0.2) is 11.4 Å². The van der Waals surface area contributed by atoms with Gasteiger partial charge in [-0.25, -0.2) is 0 Å². The number of nitrogens with two attached hydrogens (primary N) is 1. The monoisotopic (exact) mass is 245 g/mol. The van der Waals surface area contributed by atoms with Crippen LogP contribution in [0, 0.1) is 11.8 Å². The molecule has 0 aliphatic carbocycles. The molecular weight excluding hydrogens is 239 g/mol. The van der Waals surface area contributed by atoms with E-state index in [0.717, 1.165) is 0 Å². The maximum atomic E-state index is 12.0. The summed E-state index contributed by atoms with van der Waals surface area (Å²) in [6.45, 7) is 0. The molecule has 0 saturated carbocycles. The summed E-state index contributed by atoms with van der Waals surface area (Å²) in [5.41, 5.74) is 0.758. The molecule has 84 valence electrons. The van der Waals surface area contributed by atoms with E-state index >= 15 is 0 Å². The molecule has 0 aliphatic heterocycles. The van der Waals surface area contributed by atoms with Gasteiger partial charge in [-0.15, -0.1) is 0 Å². The van der Waals surface area contributed by atoms with Gasteiger partial charge < -0.3 is 5.73 Å². The van der Waals surface area contributed by atoms with E-state index < -0.39 is 11.4 Å². The summed E-state index contributed by atoms with van der Waals surface area (Å²) in [5.74, 6) is 3.59. The molecule has 0 heterocycles. The van der Waals surface area contributed by atoms with Crippen molar-refractivity contribution in [1.82, 2.24) is 0 Å². The normalized spacial score (nSPS) is 10.4. The molecule has 0 saturated heterocycles. The van der Waals surface area contributed by atoms with Gasteiger partial charge in [-0.3, -0.25) is 4.79 Å². The van der Waals surface area contributed by atoms with Crippen LogP contribution in [0.5, 0.6) is 0 Å². The highest BCUT2D eigenvalue weighted by atomic mass is 32.2. The van der Waals surface area contributed by atoms with E-state index in [4.69, 9.17) is 5.73 Å². The Morgan fingerprint density at radius 3 is 2.62 bits per heavy atom. The Bertz CT molecular complexity index is 459. The molecule has 0 unspecified atom stereocenters. The number of benzene rings is 1. The second kappa shape index (κ2) is 4.94. The molecule has 0 fully saturated rings. The molecule has 0 bridgehead atoms. The van der Waals surface area contributed by atoms with Crippen molar-refractivity contribution in [1.29, 1.82) is 0 Å². The van der Waals surface area contributed by atoms with E-state index in [0.29, 0.717) is 5.56 Å². The first-order valence-corrected chi connectivity index (χ1v) is 4.86. The molecule has 0 aromatic heterocycles. The van der Waals surface area contributed by atoms with Crippen molar-refractivity contribution < 1.29 is 18.0 Å². The first-order valence-electron chi connectivity index (χ1n) is 4.04. The molecule has 0 spiro atoms. The molecule has 1 amide bonds. The lowest BCUT2D eigenvalue weighted by atomic mass is 10.2. The van der Waals surface area contributed by atoms with Gasteiger partial charge in [-0.2, -0.15) is 13.2 Å². The lowest BCUT2D eigenvalue weighted by Gasteiger charge is -2.04. The second-order valence-corrected chi connectivity index (χ2v) is 3.83. The molecule has 0 aliphatic rings. The first kappa shape index (κ1) is 12.5. The highest BCUT2D eigenvalue weighted by Gasteiger charge is 2.29. The molecule has 0 atom stereocenters. The predicted molar refractivity (Wildman–Crippen MR) is 54.4 cm³/mol. The zero-order valence-electron chi connectivity index (χ0n) is 7.84. The van der Waals surface area contributed by atoms with Crippen LogP contribution in [0.1, 0.15) is 5.56 Å². The molecule has 6 heteroatoms. The average Bonchev–Trinajstić information content (AvgIpc) is 2.12. The van der Waals surface area contributed by atoms with Crippen molar-refractivity contribution in [2.75, 3.05) is 0 Å². The van der Waals surface area contributed by atoms with E-state index in [1.165, 1.54) is 24.3 Å². The van der Waals surface area contributed by atoms with Gasteiger partial charge in [-0.05, 0) is 35.9 Å². The van der Waals surface area contributed by atoms with Gasteiger partial charge in [0.1, 0.15) is 0 Å². The molecule has 1 rings (SSSR count). The van der Waals surface area contributed by atoms with Gasteiger partial charge in [-0.1, -0.05) is 12.0 Å². The topological polar surface area (TPSA) is 43.1 Å². The molecular formula is C10H6F3NOS. The van der Waals surface area contributed by atoms with Crippen LogP contribution in [0.2, 0.25) is 0 Å². The van der Waals surface area contributed by atoms with Crippen molar-refractivity contribution in [2.24, 2.45) is 5.73 Å². The van der Waals surface area contributed by atoms with Crippen molar-refractivity contribution in [2.45, 2.75) is 10.4 Å². The molecule has 1 aromatic carbocycles. The van der Waals surface area contributed by atoms with E-state index in [1.54, 1.807) is 0 Å². The maximum absolute atomic E-state index is 12.0. The number of thioether (sulfide) groups is 1. The Hall–Kier alpha value is -1.61. The number of halogens is 3. The van der Waals surface area contributed by atoms with Crippen molar-refractivity contribution in [3.63, 3.8) is 0 Å². The zero-order valence-corrected chi connectivity index (χ0v) is 8.65. The SMILES string of the molecule is NC(=O)C#Cc1cccc(SC(F)(F)F)c1. The minimum Gasteiger partial charge on any atom is -0.359 e. The highest BCUT2D eigenvalue weighted by Crippen LogP contribution is 2.36. The number of hydrogen-bond acceptors (Lipinski definition) is 2. The fourth-order valence-corrected chi connectivity index (χ4v) is 1.50. The average molecular weight is 245 g/mol. The van der Waals surface area contributed by atoms with E-state index in [2.05, 4.69) is 11.8 Å². The number of alkyl halides is 3. The smallest absolute Gasteiger partial charge is 0.359 e. The summed E-state index contributed by atoms with van der Waals surface area (Å²) >= 11 is -0.235. The predicted octanol–water partition coefficient (Wildman–Crippen LogP) is 2.14. The minimum atomic E-state index is -4.34. The Balaban J connectivity index is 2.89. The van der Waals surface area contributed by atoms with Crippen LogP contribution >= 0.6 is 11.8 Å². The van der Waals surface area contributed by atoms with Crippen molar-refractivity contribution >= 4 is 17.7 Å². The van der Waals surface area contributed by atoms with Crippen molar-refractivity contribution in [3.05, 3.63) is 29.8 Å². The van der Waals surface area contributed by atoms with Gasteiger partial charge >= 0.3 is 5.51 Å². The molecule has 0 radical (unpaired) electrons. The molecule has 16 heavy (non-hydrogen) atoms. The lowest BCUT2D eigenvalue weighted by Crippen LogP contribution is -2.06. The van der Waals surface area contributed by atoms with Crippen LogP contribution < -0.4 is 5.73 Å². The van der Waals surface area contributed by atoms with Crippen LogP contribution in [0.3, 0.4) is 0 Å². The van der Waals surface area contributed by atoms with Crippen LogP contribution in [-0.2, 0) is 4.79 Å². The lowest BCUT2D eigenvalue weighted by molar-refractivity contribution is -0.112. The Morgan fingerprint density at radius 1 is 1.38 bits per heavy atom. The number of carbonyl (C=O) groups is 1. The van der Waals surface area contributed by atoms with Crippen molar-refractivity contribution in [3.8, 4) is 11.8 Å². The van der Waals surface area contributed by atoms with E-state index in [9.17, 15) is 18.0 Å². The quantitative estimate of drug-likeness (QED) is 0.608. The zero-order chi connectivity index (χ0) is 12.2. The fraction of sp³-hybridized carbons (Fsp3) is 0.100. The standard InChI is InChI=1S/C10H6F3NOS/c11-10(12,13)16-8-3-1-2-7(6-8)4-5-9(14)15/h1-3,6H,(H2,14,15). The molecule has 1 aromatic rings. The largest absolute Gasteiger partial charge is 0.446 e. The number of amides is 1. The minimum absolute atomic E-state index is 0.0174. The Kier molecular flexibility index (Phi) is 3.85. The van der Waals surface area contributed by atoms with Gasteiger partial charge in [0.05, 0.1) is 0 Å². The van der Waals surface area contributed by atoms with E-state index in [1.807, 2.05) is 0 Å². The fourth-order valence-electron chi connectivity index (χ4n) is 0.905. The van der Waals surface area contributed by atoms with Gasteiger partial charge in [0, 0.05) is 10.5 Å². The summed E-state index contributed by atoms with van der Waals surface area (Å²) in [7, 11) is 0. The summed E-state index contributed by atoms with van der Waals surface area (Å²) in [6, 6.07) is 5.48. The maximum Gasteiger partial charge on any atom is 0.446 e. The Morgan fingerprint density at radius 2 is 2.06 bits per heavy atom. The Labute approximate surface area is 94.0 Å². The van der Waals surface area contributed by atoms with Gasteiger partial charge in [0.2, 0.25) is 0 Å². The second-order valence-electron chi connectivity index (χ2n) is 2.69. The van der Waals surface area contributed by atoms with Crippen LogP contribution in [0.4, 0.5) is 13.2 Å². The highest BCUT2D eigenvalue weighted by molar-refractivity contribution is 8.00. The number of hydrogen-bond donors (Lipinski definition) is 1. The molecule has 2 nitrogen and oxygen atoms in total. The third-order valence-corrected chi connectivity index (χ3v) is 2.12.